The van der Waals surface area contributed by atoms with Gasteiger partial charge in [-0.1, -0.05) is 11.6 Å². The van der Waals surface area contributed by atoms with Crippen LogP contribution in [0.2, 0.25) is 5.02 Å². The van der Waals surface area contributed by atoms with E-state index in [1.807, 2.05) is 0 Å². The SMILES string of the molecule is O=C1NC(=S)N/C1=C/c1cc([N+](=O)[O-])ccc1Cl. The van der Waals surface area contributed by atoms with Crippen molar-refractivity contribution in [1.29, 1.82) is 0 Å². The number of non-ortho nitro benzene ring substituents is 1. The molecule has 1 aliphatic rings. The van der Waals surface area contributed by atoms with Crippen LogP contribution in [-0.4, -0.2) is 15.9 Å². The van der Waals surface area contributed by atoms with Crippen LogP contribution in [0, 0.1) is 10.1 Å². The van der Waals surface area contributed by atoms with Crippen LogP contribution in [0.1, 0.15) is 5.56 Å². The van der Waals surface area contributed by atoms with Crippen molar-refractivity contribution in [2.24, 2.45) is 0 Å². The fourth-order valence-electron chi connectivity index (χ4n) is 1.39. The van der Waals surface area contributed by atoms with Crippen LogP contribution in [0.25, 0.3) is 6.08 Å². The second kappa shape index (κ2) is 4.71. The van der Waals surface area contributed by atoms with Crippen molar-refractivity contribution in [3.63, 3.8) is 0 Å². The fourth-order valence-corrected chi connectivity index (χ4v) is 1.77. The molecule has 0 atom stereocenters. The molecule has 92 valence electrons. The van der Waals surface area contributed by atoms with Crippen molar-refractivity contribution in [2.45, 2.75) is 0 Å². The van der Waals surface area contributed by atoms with Gasteiger partial charge in [0.05, 0.1) is 4.92 Å². The van der Waals surface area contributed by atoms with Crippen molar-refractivity contribution < 1.29 is 9.72 Å². The normalized spacial score (nSPS) is 16.6. The number of carbonyl (C=O) groups excluding carboxylic acids is 1. The van der Waals surface area contributed by atoms with Gasteiger partial charge in [-0.2, -0.15) is 0 Å². The van der Waals surface area contributed by atoms with Gasteiger partial charge in [0, 0.05) is 22.7 Å². The smallest absolute Gasteiger partial charge is 0.273 e. The second-order valence-electron chi connectivity index (χ2n) is 3.43. The van der Waals surface area contributed by atoms with E-state index in [0.717, 1.165) is 0 Å². The van der Waals surface area contributed by atoms with Crippen LogP contribution in [0.3, 0.4) is 0 Å². The molecule has 0 bridgehead atoms. The van der Waals surface area contributed by atoms with Gasteiger partial charge >= 0.3 is 0 Å². The maximum Gasteiger partial charge on any atom is 0.273 e. The third kappa shape index (κ3) is 2.47. The van der Waals surface area contributed by atoms with E-state index in [-0.39, 0.29) is 16.5 Å². The number of hydrogen-bond acceptors (Lipinski definition) is 4. The predicted octanol–water partition coefficient (Wildman–Crippen LogP) is 1.59. The Morgan fingerprint density at radius 3 is 2.67 bits per heavy atom. The van der Waals surface area contributed by atoms with Crippen molar-refractivity contribution in [1.82, 2.24) is 10.6 Å². The molecule has 0 aromatic heterocycles. The quantitative estimate of drug-likeness (QED) is 0.373. The standard InChI is InChI=1S/C10H6ClN3O3S/c11-7-2-1-6(14(16)17)3-5(7)4-8-9(15)13-10(18)12-8/h1-4H,(H2,12,13,15,18)/b8-4+. The molecule has 0 saturated carbocycles. The van der Waals surface area contributed by atoms with Gasteiger partial charge in [-0.25, -0.2) is 0 Å². The van der Waals surface area contributed by atoms with Crippen molar-refractivity contribution in [2.75, 3.05) is 0 Å². The van der Waals surface area contributed by atoms with Gasteiger partial charge in [-0.15, -0.1) is 0 Å². The Morgan fingerprint density at radius 2 is 2.11 bits per heavy atom. The van der Waals surface area contributed by atoms with Crippen LogP contribution in [-0.2, 0) is 4.79 Å². The number of hydrogen-bond donors (Lipinski definition) is 2. The number of nitrogens with zero attached hydrogens (tertiary/aromatic N) is 1. The lowest BCUT2D eigenvalue weighted by Crippen LogP contribution is -2.21. The molecule has 6 nitrogen and oxygen atoms in total. The molecule has 8 heteroatoms. The highest BCUT2D eigenvalue weighted by Crippen LogP contribution is 2.24. The molecule has 1 amide bonds. The van der Waals surface area contributed by atoms with E-state index in [4.69, 9.17) is 23.8 Å². The van der Waals surface area contributed by atoms with Gasteiger partial charge in [0.15, 0.2) is 5.11 Å². The summed E-state index contributed by atoms with van der Waals surface area (Å²) >= 11 is 10.7. The Bertz CT molecular complexity index is 600. The zero-order valence-corrected chi connectivity index (χ0v) is 10.3. The molecule has 18 heavy (non-hydrogen) atoms. The summed E-state index contributed by atoms with van der Waals surface area (Å²) in [6.07, 6.45) is 1.41. The molecule has 1 saturated heterocycles. The molecule has 2 N–H and O–H groups in total. The summed E-state index contributed by atoms with van der Waals surface area (Å²) in [6.45, 7) is 0. The minimum absolute atomic E-state index is 0.104. The van der Waals surface area contributed by atoms with E-state index < -0.39 is 10.8 Å². The molecule has 1 fully saturated rings. The monoisotopic (exact) mass is 283 g/mol. The number of benzene rings is 1. The van der Waals surface area contributed by atoms with Gasteiger partial charge in [0.25, 0.3) is 11.6 Å². The first-order chi connectivity index (χ1) is 8.47. The van der Waals surface area contributed by atoms with E-state index in [1.54, 1.807) is 0 Å². The summed E-state index contributed by atoms with van der Waals surface area (Å²) in [7, 11) is 0. The van der Waals surface area contributed by atoms with Crippen LogP contribution in [0.15, 0.2) is 23.9 Å². The third-order valence-corrected chi connectivity index (χ3v) is 2.76. The lowest BCUT2D eigenvalue weighted by Gasteiger charge is -2.00. The van der Waals surface area contributed by atoms with Crippen LogP contribution >= 0.6 is 23.8 Å². The Balaban J connectivity index is 2.42. The van der Waals surface area contributed by atoms with Gasteiger partial charge in [0.1, 0.15) is 5.70 Å². The molecule has 0 aliphatic carbocycles. The highest BCUT2D eigenvalue weighted by atomic mass is 35.5. The fraction of sp³-hybridized carbons (Fsp3) is 0. The first-order valence-corrected chi connectivity index (χ1v) is 5.54. The summed E-state index contributed by atoms with van der Waals surface area (Å²) in [5.41, 5.74) is 0.461. The van der Waals surface area contributed by atoms with Gasteiger partial charge in [-0.05, 0) is 24.4 Å². The number of nitrogens with one attached hydrogen (secondary N) is 2. The molecule has 0 unspecified atom stereocenters. The summed E-state index contributed by atoms with van der Waals surface area (Å²) in [4.78, 5) is 21.5. The number of amides is 1. The molecule has 1 aromatic carbocycles. The van der Waals surface area contributed by atoms with Gasteiger partial charge in [-0.3, -0.25) is 20.2 Å². The van der Waals surface area contributed by atoms with Crippen LogP contribution < -0.4 is 10.6 Å². The summed E-state index contributed by atoms with van der Waals surface area (Å²) < 4.78 is 0. The molecule has 1 aliphatic heterocycles. The third-order valence-electron chi connectivity index (χ3n) is 2.21. The molecule has 1 heterocycles. The molecule has 2 rings (SSSR count). The largest absolute Gasteiger partial charge is 0.328 e. The zero-order chi connectivity index (χ0) is 13.3. The molecule has 0 radical (unpaired) electrons. The number of nitro groups is 1. The van der Waals surface area contributed by atoms with Crippen LogP contribution in [0.5, 0.6) is 0 Å². The Hall–Kier alpha value is -1.99. The molecular formula is C10H6ClN3O3S. The number of thiocarbonyl (C=S) groups is 1. The van der Waals surface area contributed by atoms with E-state index in [0.29, 0.717) is 10.6 Å². The number of halogens is 1. The second-order valence-corrected chi connectivity index (χ2v) is 4.24. The molecule has 1 aromatic rings. The summed E-state index contributed by atoms with van der Waals surface area (Å²) in [5.74, 6) is -0.400. The highest BCUT2D eigenvalue weighted by molar-refractivity contribution is 7.80. The average molecular weight is 284 g/mol. The number of nitro benzene ring substituents is 1. The predicted molar refractivity (Wildman–Crippen MR) is 70.0 cm³/mol. The zero-order valence-electron chi connectivity index (χ0n) is 8.77. The lowest BCUT2D eigenvalue weighted by molar-refractivity contribution is -0.384. The van der Waals surface area contributed by atoms with Gasteiger partial charge in [0.2, 0.25) is 0 Å². The topological polar surface area (TPSA) is 84.3 Å². The Kier molecular flexibility index (Phi) is 3.26. The first-order valence-electron chi connectivity index (χ1n) is 4.75. The van der Waals surface area contributed by atoms with Crippen molar-refractivity contribution in [3.8, 4) is 0 Å². The van der Waals surface area contributed by atoms with Crippen molar-refractivity contribution >= 4 is 46.6 Å². The average Bonchev–Trinajstić information content (AvgIpc) is 2.60. The van der Waals surface area contributed by atoms with E-state index in [1.165, 1.54) is 24.3 Å². The highest BCUT2D eigenvalue weighted by Gasteiger charge is 2.20. The summed E-state index contributed by atoms with van der Waals surface area (Å²) in [6, 6.07) is 3.97. The van der Waals surface area contributed by atoms with Crippen molar-refractivity contribution in [3.05, 3.63) is 44.6 Å². The number of carbonyl (C=O) groups is 1. The van der Waals surface area contributed by atoms with Gasteiger partial charge < -0.3 is 5.32 Å². The molecule has 0 spiro atoms. The van der Waals surface area contributed by atoms with E-state index in [9.17, 15) is 14.9 Å². The first kappa shape index (κ1) is 12.5. The minimum Gasteiger partial charge on any atom is -0.328 e. The minimum atomic E-state index is -0.537. The maximum absolute atomic E-state index is 11.4. The number of rotatable bonds is 2. The van der Waals surface area contributed by atoms with E-state index in [2.05, 4.69) is 10.6 Å². The maximum atomic E-state index is 11.4. The van der Waals surface area contributed by atoms with Crippen LogP contribution in [0.4, 0.5) is 5.69 Å². The molecular weight excluding hydrogens is 278 g/mol. The Morgan fingerprint density at radius 1 is 1.39 bits per heavy atom. The Labute approximate surface area is 112 Å². The van der Waals surface area contributed by atoms with E-state index >= 15 is 0 Å². The summed E-state index contributed by atoms with van der Waals surface area (Å²) in [5, 5.41) is 16.1. The lowest BCUT2D eigenvalue weighted by atomic mass is 10.1.